The molecule has 1 rings (SSSR count). The van der Waals surface area contributed by atoms with E-state index in [-0.39, 0.29) is 0 Å². The first-order valence-electron chi connectivity index (χ1n) is 3.56. The first-order chi connectivity index (χ1) is 5.20. The van der Waals surface area contributed by atoms with Gasteiger partial charge in [0.15, 0.2) is 0 Å². The molecular weight excluding hydrogens is 138 g/mol. The molecule has 0 saturated heterocycles. The van der Waals surface area contributed by atoms with E-state index in [0.717, 1.165) is 17.2 Å². The van der Waals surface area contributed by atoms with Gasteiger partial charge in [0, 0.05) is 7.05 Å². The van der Waals surface area contributed by atoms with Gasteiger partial charge in [-0.1, -0.05) is 6.58 Å². The molecule has 0 radical (unpaired) electrons. The Labute approximate surface area is 66.7 Å². The minimum Gasteiger partial charge on any atom is -0.328 e. The molecule has 0 aliphatic heterocycles. The van der Waals surface area contributed by atoms with E-state index >= 15 is 0 Å². The van der Waals surface area contributed by atoms with Gasteiger partial charge in [-0.05, 0) is 19.9 Å². The minimum atomic E-state index is 0.942. The summed E-state index contributed by atoms with van der Waals surface area (Å²) in [6.45, 7) is 7.64. The average Bonchev–Trinajstić information content (AvgIpc) is 2.26. The van der Waals surface area contributed by atoms with E-state index in [1.165, 1.54) is 0 Å². The lowest BCUT2D eigenvalue weighted by molar-refractivity contribution is 0.840. The largest absolute Gasteiger partial charge is 0.328 e. The number of nitrogens with zero attached hydrogens (tertiary/aromatic N) is 2. The molecule has 0 aliphatic carbocycles. The molecule has 1 aromatic rings. The molecule has 0 bridgehead atoms. The van der Waals surface area contributed by atoms with Crippen LogP contribution < -0.4 is 5.43 Å². The number of aromatic nitrogens is 2. The van der Waals surface area contributed by atoms with E-state index in [4.69, 9.17) is 0 Å². The summed E-state index contributed by atoms with van der Waals surface area (Å²) in [5.74, 6) is 0.958. The molecule has 3 nitrogen and oxygen atoms in total. The van der Waals surface area contributed by atoms with Crippen molar-refractivity contribution in [2.45, 2.75) is 13.8 Å². The maximum Gasteiger partial charge on any atom is 0.125 e. The normalized spacial score (nSPS) is 9.73. The van der Waals surface area contributed by atoms with Crippen molar-refractivity contribution < 1.29 is 0 Å². The highest BCUT2D eigenvalue weighted by molar-refractivity contribution is 5.45. The van der Waals surface area contributed by atoms with Gasteiger partial charge in [-0.25, -0.2) is 9.66 Å². The van der Waals surface area contributed by atoms with Gasteiger partial charge in [-0.15, -0.1) is 0 Å². The molecule has 0 spiro atoms. The molecular formula is C8H13N3. The number of imidazole rings is 1. The van der Waals surface area contributed by atoms with Crippen molar-refractivity contribution >= 4 is 6.08 Å². The van der Waals surface area contributed by atoms with Crippen molar-refractivity contribution in [2.75, 3.05) is 12.5 Å². The van der Waals surface area contributed by atoms with E-state index in [9.17, 15) is 0 Å². The van der Waals surface area contributed by atoms with Crippen LogP contribution in [0.2, 0.25) is 0 Å². The highest BCUT2D eigenvalue weighted by Crippen LogP contribution is 2.08. The zero-order valence-corrected chi connectivity index (χ0v) is 7.18. The van der Waals surface area contributed by atoms with Gasteiger partial charge in [0.1, 0.15) is 5.82 Å². The number of aryl methyl sites for hydroxylation is 1. The van der Waals surface area contributed by atoms with Gasteiger partial charge in [0.2, 0.25) is 0 Å². The van der Waals surface area contributed by atoms with Crippen LogP contribution in [0.4, 0.5) is 0 Å². The number of hydrogen-bond acceptors (Lipinski definition) is 2. The van der Waals surface area contributed by atoms with Gasteiger partial charge in [0.25, 0.3) is 0 Å². The Morgan fingerprint density at radius 2 is 2.18 bits per heavy atom. The van der Waals surface area contributed by atoms with E-state index < -0.39 is 0 Å². The van der Waals surface area contributed by atoms with Gasteiger partial charge in [-0.3, -0.25) is 0 Å². The molecule has 0 atom stereocenters. The second-order valence-corrected chi connectivity index (χ2v) is 2.39. The van der Waals surface area contributed by atoms with Crippen LogP contribution in [-0.4, -0.2) is 16.7 Å². The zero-order chi connectivity index (χ0) is 8.43. The first-order valence-corrected chi connectivity index (χ1v) is 3.56. The predicted octanol–water partition coefficient (Wildman–Crippen LogP) is 1.32. The first kappa shape index (κ1) is 7.85. The van der Waals surface area contributed by atoms with E-state index in [0.29, 0.717) is 0 Å². The summed E-state index contributed by atoms with van der Waals surface area (Å²) < 4.78 is 1.93. The highest BCUT2D eigenvalue weighted by Gasteiger charge is 2.05. The van der Waals surface area contributed by atoms with Crippen molar-refractivity contribution in [3.8, 4) is 0 Å². The summed E-state index contributed by atoms with van der Waals surface area (Å²) in [4.78, 5) is 4.28. The van der Waals surface area contributed by atoms with Crippen LogP contribution in [0.3, 0.4) is 0 Å². The Kier molecular flexibility index (Phi) is 1.98. The molecule has 1 N–H and O–H groups in total. The van der Waals surface area contributed by atoms with Crippen LogP contribution >= 0.6 is 0 Å². The molecule has 0 unspecified atom stereocenters. The Morgan fingerprint density at radius 3 is 2.45 bits per heavy atom. The van der Waals surface area contributed by atoms with Crippen molar-refractivity contribution in [1.29, 1.82) is 0 Å². The molecule has 60 valence electrons. The quantitative estimate of drug-likeness (QED) is 0.690. The third-order valence-electron chi connectivity index (χ3n) is 1.73. The van der Waals surface area contributed by atoms with Crippen LogP contribution in [0.25, 0.3) is 6.08 Å². The standard InChI is InChI=1S/C8H13N3/c1-5-8-6(2)11(9-4)7(3)10-8/h5,9H,1H2,2-4H3. The number of rotatable bonds is 2. The third kappa shape index (κ3) is 1.13. The summed E-state index contributed by atoms with van der Waals surface area (Å²) in [5.41, 5.74) is 5.06. The van der Waals surface area contributed by atoms with Crippen LogP contribution in [0.15, 0.2) is 6.58 Å². The Morgan fingerprint density at radius 1 is 1.55 bits per heavy atom. The Hall–Kier alpha value is -1.25. The van der Waals surface area contributed by atoms with Crippen LogP contribution in [-0.2, 0) is 0 Å². The topological polar surface area (TPSA) is 29.9 Å². The fourth-order valence-corrected chi connectivity index (χ4v) is 1.19. The molecule has 0 fully saturated rings. The van der Waals surface area contributed by atoms with E-state index in [2.05, 4.69) is 17.0 Å². The third-order valence-corrected chi connectivity index (χ3v) is 1.73. The fraction of sp³-hybridized carbons (Fsp3) is 0.375. The van der Waals surface area contributed by atoms with Crippen molar-refractivity contribution in [3.63, 3.8) is 0 Å². The summed E-state index contributed by atoms with van der Waals surface area (Å²) >= 11 is 0. The monoisotopic (exact) mass is 151 g/mol. The second-order valence-electron chi connectivity index (χ2n) is 2.39. The molecule has 1 aromatic heterocycles. The molecule has 0 saturated carbocycles. The van der Waals surface area contributed by atoms with Crippen LogP contribution in [0.5, 0.6) is 0 Å². The predicted molar refractivity (Wildman–Crippen MR) is 47.1 cm³/mol. The van der Waals surface area contributed by atoms with Crippen molar-refractivity contribution in [3.05, 3.63) is 23.8 Å². The van der Waals surface area contributed by atoms with E-state index in [1.54, 1.807) is 6.08 Å². The smallest absolute Gasteiger partial charge is 0.125 e. The lowest BCUT2D eigenvalue weighted by atomic mass is 10.3. The number of hydrogen-bond donors (Lipinski definition) is 1. The summed E-state index contributed by atoms with van der Waals surface area (Å²) in [6, 6.07) is 0. The molecule has 3 heteroatoms. The van der Waals surface area contributed by atoms with Gasteiger partial charge in [-0.2, -0.15) is 0 Å². The SMILES string of the molecule is C=Cc1nc(C)n(NC)c1C. The van der Waals surface area contributed by atoms with Crippen molar-refractivity contribution in [2.24, 2.45) is 0 Å². The van der Waals surface area contributed by atoms with Crippen LogP contribution in [0, 0.1) is 13.8 Å². The van der Waals surface area contributed by atoms with Crippen LogP contribution in [0.1, 0.15) is 17.2 Å². The molecule has 0 amide bonds. The fourth-order valence-electron chi connectivity index (χ4n) is 1.19. The molecule has 11 heavy (non-hydrogen) atoms. The van der Waals surface area contributed by atoms with E-state index in [1.807, 2.05) is 25.6 Å². The highest BCUT2D eigenvalue weighted by atomic mass is 15.4. The maximum atomic E-state index is 4.28. The molecule has 0 aromatic carbocycles. The lowest BCUT2D eigenvalue weighted by Crippen LogP contribution is -2.12. The summed E-state index contributed by atoms with van der Waals surface area (Å²) in [7, 11) is 1.87. The zero-order valence-electron chi connectivity index (χ0n) is 7.18. The minimum absolute atomic E-state index is 0.942. The Bertz CT molecular complexity index is 273. The average molecular weight is 151 g/mol. The van der Waals surface area contributed by atoms with Gasteiger partial charge in [0.05, 0.1) is 11.4 Å². The molecule has 0 aliphatic rings. The Balaban J connectivity index is 3.24. The second kappa shape index (κ2) is 2.78. The number of nitrogens with one attached hydrogen (secondary N) is 1. The summed E-state index contributed by atoms with van der Waals surface area (Å²) in [5, 5.41) is 0. The lowest BCUT2D eigenvalue weighted by Gasteiger charge is -2.04. The van der Waals surface area contributed by atoms with Crippen molar-refractivity contribution in [1.82, 2.24) is 9.66 Å². The summed E-state index contributed by atoms with van der Waals surface area (Å²) in [6.07, 6.45) is 1.76. The molecule has 1 heterocycles. The van der Waals surface area contributed by atoms with Gasteiger partial charge >= 0.3 is 0 Å². The maximum absolute atomic E-state index is 4.28. The van der Waals surface area contributed by atoms with Gasteiger partial charge < -0.3 is 5.43 Å².